The van der Waals surface area contributed by atoms with E-state index in [-0.39, 0.29) is 17.5 Å². The lowest BCUT2D eigenvalue weighted by Gasteiger charge is -2.22. The molecule has 3 nitrogen and oxygen atoms in total. The van der Waals surface area contributed by atoms with Crippen molar-refractivity contribution in [3.8, 4) is 0 Å². The van der Waals surface area contributed by atoms with Crippen LogP contribution in [-0.2, 0) is 5.41 Å². The molecule has 1 N–H and O–H groups in total. The van der Waals surface area contributed by atoms with E-state index < -0.39 is 0 Å². The highest BCUT2D eigenvalue weighted by Gasteiger charge is 2.30. The summed E-state index contributed by atoms with van der Waals surface area (Å²) >= 11 is 0. The van der Waals surface area contributed by atoms with Crippen molar-refractivity contribution < 1.29 is 4.79 Å². The number of aryl methyl sites for hydroxylation is 1. The van der Waals surface area contributed by atoms with Gasteiger partial charge in [-0.3, -0.25) is 0 Å². The molecular formula is C16H24N2O. The summed E-state index contributed by atoms with van der Waals surface area (Å²) in [6.07, 6.45) is 0. The van der Waals surface area contributed by atoms with Crippen molar-refractivity contribution in [2.24, 2.45) is 0 Å². The number of nitrogens with zero attached hydrogens (tertiary/aromatic N) is 1. The van der Waals surface area contributed by atoms with Crippen molar-refractivity contribution in [1.82, 2.24) is 10.2 Å². The number of urea groups is 1. The van der Waals surface area contributed by atoms with E-state index in [2.05, 4.69) is 51.2 Å². The molecule has 0 spiro atoms. The molecule has 104 valence electrons. The first kappa shape index (κ1) is 13.9. The Morgan fingerprint density at radius 2 is 2.05 bits per heavy atom. The number of benzene rings is 1. The van der Waals surface area contributed by atoms with Crippen LogP contribution in [0.4, 0.5) is 4.79 Å². The van der Waals surface area contributed by atoms with Crippen molar-refractivity contribution in [1.29, 1.82) is 0 Å². The molecule has 1 fully saturated rings. The normalized spacial score (nSPS) is 19.7. The first-order valence-electron chi connectivity index (χ1n) is 6.99. The molecular weight excluding hydrogens is 236 g/mol. The summed E-state index contributed by atoms with van der Waals surface area (Å²) in [4.78, 5) is 13.7. The molecule has 3 heteroatoms. The van der Waals surface area contributed by atoms with Gasteiger partial charge >= 0.3 is 6.03 Å². The summed E-state index contributed by atoms with van der Waals surface area (Å²) < 4.78 is 0. The Morgan fingerprint density at radius 1 is 1.37 bits per heavy atom. The van der Waals surface area contributed by atoms with Gasteiger partial charge in [0.05, 0.1) is 6.04 Å². The molecule has 0 bridgehead atoms. The maximum absolute atomic E-state index is 11.8. The second kappa shape index (κ2) is 4.87. The molecule has 19 heavy (non-hydrogen) atoms. The fourth-order valence-corrected chi connectivity index (χ4v) is 2.52. The van der Waals surface area contributed by atoms with E-state index in [1.54, 1.807) is 0 Å². The predicted molar refractivity (Wildman–Crippen MR) is 78.4 cm³/mol. The van der Waals surface area contributed by atoms with Crippen molar-refractivity contribution in [2.45, 2.75) is 46.1 Å². The van der Waals surface area contributed by atoms with Crippen molar-refractivity contribution in [3.63, 3.8) is 0 Å². The molecule has 1 aliphatic heterocycles. The topological polar surface area (TPSA) is 32.3 Å². The van der Waals surface area contributed by atoms with Gasteiger partial charge in [-0.05, 0) is 36.0 Å². The van der Waals surface area contributed by atoms with Gasteiger partial charge in [-0.1, -0.05) is 39.0 Å². The van der Waals surface area contributed by atoms with Crippen LogP contribution >= 0.6 is 0 Å². The van der Waals surface area contributed by atoms with E-state index in [4.69, 9.17) is 0 Å². The van der Waals surface area contributed by atoms with Crippen LogP contribution in [0.5, 0.6) is 0 Å². The summed E-state index contributed by atoms with van der Waals surface area (Å²) in [5.74, 6) is 0. The predicted octanol–water partition coefficient (Wildman–Crippen LogP) is 3.38. The Hall–Kier alpha value is -1.51. The van der Waals surface area contributed by atoms with Gasteiger partial charge in [0, 0.05) is 13.1 Å². The summed E-state index contributed by atoms with van der Waals surface area (Å²) in [5, 5.41) is 3.08. The van der Waals surface area contributed by atoms with Crippen LogP contribution in [0.3, 0.4) is 0 Å². The monoisotopic (exact) mass is 260 g/mol. The first-order chi connectivity index (χ1) is 8.82. The van der Waals surface area contributed by atoms with E-state index in [0.717, 1.165) is 13.1 Å². The SMILES string of the molecule is CCN1CC(c2cc(C(C)(C)C)ccc2C)NC1=O. The Bertz CT molecular complexity index is 488. The van der Waals surface area contributed by atoms with E-state index in [9.17, 15) is 4.79 Å². The highest BCUT2D eigenvalue weighted by molar-refractivity contribution is 5.77. The van der Waals surface area contributed by atoms with E-state index >= 15 is 0 Å². The first-order valence-corrected chi connectivity index (χ1v) is 6.99. The third-order valence-electron chi connectivity index (χ3n) is 3.89. The van der Waals surface area contributed by atoms with Gasteiger partial charge in [-0.2, -0.15) is 0 Å². The number of carbonyl (C=O) groups is 1. The Morgan fingerprint density at radius 3 is 2.58 bits per heavy atom. The molecule has 1 aliphatic rings. The zero-order valence-electron chi connectivity index (χ0n) is 12.6. The van der Waals surface area contributed by atoms with Crippen LogP contribution in [0.1, 0.15) is 50.4 Å². The average molecular weight is 260 g/mol. The van der Waals surface area contributed by atoms with E-state index in [1.807, 2.05) is 11.8 Å². The third kappa shape index (κ3) is 2.75. The summed E-state index contributed by atoms with van der Waals surface area (Å²) in [7, 11) is 0. The minimum Gasteiger partial charge on any atom is -0.329 e. The van der Waals surface area contributed by atoms with Crippen molar-refractivity contribution in [3.05, 3.63) is 34.9 Å². The molecule has 0 radical (unpaired) electrons. The minimum absolute atomic E-state index is 0.0491. The Labute approximate surface area is 116 Å². The second-order valence-corrected chi connectivity index (χ2v) is 6.36. The molecule has 0 aromatic heterocycles. The standard InChI is InChI=1S/C16H24N2O/c1-6-18-10-14(17-15(18)19)13-9-12(16(3,4)5)8-7-11(13)2/h7-9,14H,6,10H2,1-5H3,(H,17,19). The van der Waals surface area contributed by atoms with Gasteiger partial charge in [0.1, 0.15) is 0 Å². The number of amides is 2. The number of carbonyl (C=O) groups excluding carboxylic acids is 1. The lowest BCUT2D eigenvalue weighted by atomic mass is 9.84. The van der Waals surface area contributed by atoms with E-state index in [0.29, 0.717) is 0 Å². The lowest BCUT2D eigenvalue weighted by molar-refractivity contribution is 0.219. The number of hydrogen-bond donors (Lipinski definition) is 1. The zero-order chi connectivity index (χ0) is 14.2. The van der Waals surface area contributed by atoms with Crippen LogP contribution in [0.25, 0.3) is 0 Å². The molecule has 2 amide bonds. The number of likely N-dealkylation sites (N-methyl/N-ethyl adjacent to an activating group) is 1. The van der Waals surface area contributed by atoms with Gasteiger partial charge in [0.15, 0.2) is 0 Å². The highest BCUT2D eigenvalue weighted by atomic mass is 16.2. The minimum atomic E-state index is 0.0491. The third-order valence-corrected chi connectivity index (χ3v) is 3.89. The van der Waals surface area contributed by atoms with Gasteiger partial charge in [-0.25, -0.2) is 4.79 Å². The maximum atomic E-state index is 11.8. The molecule has 0 saturated carbocycles. The molecule has 1 aromatic rings. The average Bonchev–Trinajstić information content (AvgIpc) is 2.69. The fourth-order valence-electron chi connectivity index (χ4n) is 2.52. The summed E-state index contributed by atoms with van der Waals surface area (Å²) in [6, 6.07) is 6.77. The molecule has 1 saturated heterocycles. The van der Waals surface area contributed by atoms with Crippen LogP contribution < -0.4 is 5.32 Å². The van der Waals surface area contributed by atoms with Crippen LogP contribution in [-0.4, -0.2) is 24.0 Å². The van der Waals surface area contributed by atoms with Crippen LogP contribution in [0.2, 0.25) is 0 Å². The Kier molecular flexibility index (Phi) is 3.57. The van der Waals surface area contributed by atoms with Crippen LogP contribution in [0.15, 0.2) is 18.2 Å². The van der Waals surface area contributed by atoms with Crippen molar-refractivity contribution >= 4 is 6.03 Å². The Balaban J connectivity index is 2.33. The van der Waals surface area contributed by atoms with Gasteiger partial charge in [-0.15, -0.1) is 0 Å². The molecule has 0 aliphatic carbocycles. The number of hydrogen-bond acceptors (Lipinski definition) is 1. The molecule has 2 rings (SSSR count). The van der Waals surface area contributed by atoms with Gasteiger partial charge < -0.3 is 10.2 Å². The molecule has 1 aromatic carbocycles. The zero-order valence-corrected chi connectivity index (χ0v) is 12.6. The smallest absolute Gasteiger partial charge is 0.318 e. The number of nitrogens with one attached hydrogen (secondary N) is 1. The lowest BCUT2D eigenvalue weighted by Crippen LogP contribution is -2.27. The highest BCUT2D eigenvalue weighted by Crippen LogP contribution is 2.29. The fraction of sp³-hybridized carbons (Fsp3) is 0.562. The van der Waals surface area contributed by atoms with Gasteiger partial charge in [0.25, 0.3) is 0 Å². The van der Waals surface area contributed by atoms with E-state index in [1.165, 1.54) is 16.7 Å². The largest absolute Gasteiger partial charge is 0.329 e. The van der Waals surface area contributed by atoms with Crippen LogP contribution in [0, 0.1) is 6.92 Å². The number of rotatable bonds is 2. The van der Waals surface area contributed by atoms with Gasteiger partial charge in [0.2, 0.25) is 0 Å². The second-order valence-electron chi connectivity index (χ2n) is 6.36. The molecule has 1 heterocycles. The molecule has 1 atom stereocenters. The van der Waals surface area contributed by atoms with Crippen molar-refractivity contribution in [2.75, 3.05) is 13.1 Å². The summed E-state index contributed by atoms with van der Waals surface area (Å²) in [6.45, 7) is 12.3. The molecule has 1 unspecified atom stereocenters. The quantitative estimate of drug-likeness (QED) is 0.868. The maximum Gasteiger partial charge on any atom is 0.318 e. The summed E-state index contributed by atoms with van der Waals surface area (Å²) in [5.41, 5.74) is 3.94.